The van der Waals surface area contributed by atoms with Gasteiger partial charge in [0, 0.05) is 6.54 Å². The van der Waals surface area contributed by atoms with Crippen LogP contribution in [0.1, 0.15) is 6.42 Å². The molecule has 11 heavy (non-hydrogen) atoms. The van der Waals surface area contributed by atoms with E-state index in [1.165, 1.54) is 0 Å². The van der Waals surface area contributed by atoms with Crippen molar-refractivity contribution in [1.82, 2.24) is 4.81 Å². The van der Waals surface area contributed by atoms with Gasteiger partial charge >= 0.3 is 13.0 Å². The van der Waals surface area contributed by atoms with E-state index >= 15 is 0 Å². The molecule has 1 aliphatic heterocycles. The average molecular weight is 157 g/mol. The lowest BCUT2D eigenvalue weighted by molar-refractivity contribution is -0.141. The van der Waals surface area contributed by atoms with Crippen molar-refractivity contribution in [2.24, 2.45) is 5.92 Å². The summed E-state index contributed by atoms with van der Waals surface area (Å²) in [6, 6.07) is 0. The maximum Gasteiger partial charge on any atom is 0.376 e. The minimum Gasteiger partial charge on any atom is -0.481 e. The van der Waals surface area contributed by atoms with Crippen molar-refractivity contribution in [3.63, 3.8) is 0 Å². The lowest BCUT2D eigenvalue weighted by atomic mass is 9.86. The summed E-state index contributed by atoms with van der Waals surface area (Å²) in [5.41, 5.74) is 0. The van der Waals surface area contributed by atoms with Crippen molar-refractivity contribution in [3.05, 3.63) is 0 Å². The second-order valence-corrected chi connectivity index (χ2v) is 2.95. The van der Waals surface area contributed by atoms with E-state index in [-0.39, 0.29) is 5.92 Å². The SMILES string of the molecule is CB(O)N1CCC(C(=O)O)C1. The first kappa shape index (κ1) is 8.55. The minimum absolute atomic E-state index is 0.287. The van der Waals surface area contributed by atoms with E-state index in [9.17, 15) is 4.79 Å². The molecule has 1 rings (SSSR count). The van der Waals surface area contributed by atoms with Crippen molar-refractivity contribution < 1.29 is 14.9 Å². The van der Waals surface area contributed by atoms with Gasteiger partial charge in [-0.25, -0.2) is 0 Å². The number of hydrogen-bond acceptors (Lipinski definition) is 3. The molecule has 4 nitrogen and oxygen atoms in total. The molecule has 1 heterocycles. The van der Waals surface area contributed by atoms with Gasteiger partial charge in [0.05, 0.1) is 5.92 Å². The molecule has 0 radical (unpaired) electrons. The molecule has 0 spiro atoms. The largest absolute Gasteiger partial charge is 0.481 e. The van der Waals surface area contributed by atoms with Gasteiger partial charge in [-0.1, -0.05) is 0 Å². The predicted molar refractivity (Wildman–Crippen MR) is 41.2 cm³/mol. The quantitative estimate of drug-likeness (QED) is 0.530. The fourth-order valence-corrected chi connectivity index (χ4v) is 1.33. The van der Waals surface area contributed by atoms with Crippen LogP contribution in [0, 0.1) is 5.92 Å². The third kappa shape index (κ3) is 1.94. The maximum atomic E-state index is 10.5. The Morgan fingerprint density at radius 1 is 1.73 bits per heavy atom. The summed E-state index contributed by atoms with van der Waals surface area (Å²) in [5, 5.41) is 17.7. The summed E-state index contributed by atoms with van der Waals surface area (Å²) in [6.07, 6.45) is 0.653. The van der Waals surface area contributed by atoms with E-state index in [0.29, 0.717) is 19.5 Å². The molecule has 0 aromatic rings. The highest BCUT2D eigenvalue weighted by molar-refractivity contribution is 6.45. The van der Waals surface area contributed by atoms with Crippen LogP contribution in [-0.2, 0) is 4.79 Å². The molecule has 5 heteroatoms. The summed E-state index contributed by atoms with van der Waals surface area (Å²) >= 11 is 0. The van der Waals surface area contributed by atoms with Gasteiger partial charge in [0.25, 0.3) is 0 Å². The van der Waals surface area contributed by atoms with Gasteiger partial charge in [0.2, 0.25) is 0 Å². The molecule has 0 aromatic heterocycles. The summed E-state index contributed by atoms with van der Waals surface area (Å²) < 4.78 is 0. The van der Waals surface area contributed by atoms with Gasteiger partial charge in [0.15, 0.2) is 0 Å². The Kier molecular flexibility index (Phi) is 2.51. The van der Waals surface area contributed by atoms with Gasteiger partial charge in [0.1, 0.15) is 0 Å². The average Bonchev–Trinajstić information content (AvgIpc) is 2.33. The third-order valence-electron chi connectivity index (χ3n) is 2.10. The molecule has 2 N–H and O–H groups in total. The summed E-state index contributed by atoms with van der Waals surface area (Å²) in [5.74, 6) is -1.04. The predicted octanol–water partition coefficient (Wildman–Crippen LogP) is -0.497. The van der Waals surface area contributed by atoms with Crippen LogP contribution in [0.15, 0.2) is 0 Å². The molecular formula is C6H12BNO3. The molecule has 1 atom stereocenters. The van der Waals surface area contributed by atoms with Crippen LogP contribution in [0.25, 0.3) is 0 Å². The van der Waals surface area contributed by atoms with Crippen molar-refractivity contribution in [1.29, 1.82) is 0 Å². The second-order valence-electron chi connectivity index (χ2n) is 2.95. The highest BCUT2D eigenvalue weighted by atomic mass is 16.4. The fourth-order valence-electron chi connectivity index (χ4n) is 1.33. The number of hydrogen-bond donors (Lipinski definition) is 2. The molecular weight excluding hydrogens is 145 g/mol. The Balaban J connectivity index is 2.41. The van der Waals surface area contributed by atoms with E-state index in [1.54, 1.807) is 11.6 Å². The summed E-state index contributed by atoms with van der Waals surface area (Å²) in [7, 11) is -0.514. The Bertz CT molecular complexity index is 162. The normalized spacial score (nSPS) is 25.5. The molecule has 1 fully saturated rings. The Labute approximate surface area is 65.9 Å². The molecule has 0 bridgehead atoms. The van der Waals surface area contributed by atoms with E-state index in [1.807, 2.05) is 0 Å². The first-order valence-electron chi connectivity index (χ1n) is 3.76. The maximum absolute atomic E-state index is 10.5. The van der Waals surface area contributed by atoms with Crippen LogP contribution in [0.4, 0.5) is 0 Å². The Morgan fingerprint density at radius 3 is 2.64 bits per heavy atom. The topological polar surface area (TPSA) is 60.8 Å². The standard InChI is InChI=1S/C6H12BNO3/c1-7(11)8-3-2-5(4-8)6(9)10/h5,11H,2-4H2,1H3,(H,9,10). The monoisotopic (exact) mass is 157 g/mol. The van der Waals surface area contributed by atoms with Crippen LogP contribution in [0.2, 0.25) is 6.82 Å². The third-order valence-corrected chi connectivity index (χ3v) is 2.10. The van der Waals surface area contributed by atoms with Crippen LogP contribution in [-0.4, -0.2) is 41.1 Å². The van der Waals surface area contributed by atoms with E-state index in [4.69, 9.17) is 10.1 Å². The number of carboxylic acid groups (broad SMARTS) is 1. The lowest BCUT2D eigenvalue weighted by Crippen LogP contribution is -2.35. The van der Waals surface area contributed by atoms with Gasteiger partial charge < -0.3 is 14.9 Å². The van der Waals surface area contributed by atoms with Crippen molar-refractivity contribution in [3.8, 4) is 0 Å². The van der Waals surface area contributed by atoms with E-state index in [2.05, 4.69) is 0 Å². The molecule has 62 valence electrons. The first-order valence-corrected chi connectivity index (χ1v) is 3.76. The van der Waals surface area contributed by atoms with E-state index in [0.717, 1.165) is 0 Å². The second kappa shape index (κ2) is 3.23. The summed E-state index contributed by atoms with van der Waals surface area (Å²) in [4.78, 5) is 12.2. The van der Waals surface area contributed by atoms with Crippen molar-refractivity contribution in [2.45, 2.75) is 13.2 Å². The Morgan fingerprint density at radius 2 is 2.36 bits per heavy atom. The number of rotatable bonds is 2. The van der Waals surface area contributed by atoms with Crippen LogP contribution in [0.5, 0.6) is 0 Å². The minimum atomic E-state index is -0.756. The highest BCUT2D eigenvalue weighted by Gasteiger charge is 2.31. The Hall–Kier alpha value is -0.545. The molecule has 1 aliphatic rings. The van der Waals surface area contributed by atoms with Gasteiger partial charge in [-0.3, -0.25) is 4.79 Å². The highest BCUT2D eigenvalue weighted by Crippen LogP contribution is 2.16. The van der Waals surface area contributed by atoms with Crippen LogP contribution < -0.4 is 0 Å². The zero-order valence-corrected chi connectivity index (χ0v) is 6.53. The molecule has 0 aliphatic carbocycles. The van der Waals surface area contributed by atoms with Gasteiger partial charge in [-0.05, 0) is 19.8 Å². The molecule has 0 saturated carbocycles. The van der Waals surface area contributed by atoms with Crippen LogP contribution in [0.3, 0.4) is 0 Å². The zero-order valence-electron chi connectivity index (χ0n) is 6.53. The van der Waals surface area contributed by atoms with Crippen molar-refractivity contribution >= 4 is 13.0 Å². The smallest absolute Gasteiger partial charge is 0.376 e. The lowest BCUT2D eigenvalue weighted by Gasteiger charge is -2.14. The fraction of sp³-hybridized carbons (Fsp3) is 0.833. The molecule has 0 aromatic carbocycles. The zero-order chi connectivity index (χ0) is 8.43. The van der Waals surface area contributed by atoms with Crippen molar-refractivity contribution in [2.75, 3.05) is 13.1 Å². The number of aliphatic carboxylic acids is 1. The first-order chi connectivity index (χ1) is 5.11. The molecule has 0 amide bonds. The van der Waals surface area contributed by atoms with Crippen LogP contribution >= 0.6 is 0 Å². The molecule has 1 saturated heterocycles. The molecule has 1 unspecified atom stereocenters. The number of nitrogens with zero attached hydrogens (tertiary/aromatic N) is 1. The van der Waals surface area contributed by atoms with Gasteiger partial charge in [-0.2, -0.15) is 0 Å². The summed E-state index contributed by atoms with van der Waals surface area (Å²) in [6.45, 7) is 2.83. The number of carbonyl (C=O) groups is 1. The number of carboxylic acids is 1. The van der Waals surface area contributed by atoms with Gasteiger partial charge in [-0.15, -0.1) is 0 Å². The van der Waals surface area contributed by atoms with E-state index < -0.39 is 13.0 Å².